The number of hydrogen-bond acceptors (Lipinski definition) is 4. The van der Waals surface area contributed by atoms with Gasteiger partial charge in [0.05, 0.1) is 29.0 Å². The smallest absolute Gasteiger partial charge is 0.379 e. The quantitative estimate of drug-likeness (QED) is 0.613. The van der Waals surface area contributed by atoms with Crippen molar-refractivity contribution in [2.45, 2.75) is 19.6 Å². The fourth-order valence-corrected chi connectivity index (χ4v) is 4.71. The second-order valence-electron chi connectivity index (χ2n) is 7.63. The molecule has 0 saturated carbocycles. The SMILES string of the molecule is Cc1cc2c(cc(C(=O)NCCN3CCOCC3)n2Cc2ccc(C(F)(F)F)cc2)s1. The zero-order valence-electron chi connectivity index (χ0n) is 17.2. The first kappa shape index (κ1) is 21.9. The fraction of sp³-hybridized carbons (Fsp3) is 0.409. The number of nitrogens with one attached hydrogen (secondary N) is 1. The van der Waals surface area contributed by atoms with Crippen molar-refractivity contribution in [3.63, 3.8) is 0 Å². The normalized spacial score (nSPS) is 15.5. The van der Waals surface area contributed by atoms with Gasteiger partial charge in [-0.2, -0.15) is 13.2 Å². The molecule has 0 unspecified atom stereocenters. The highest BCUT2D eigenvalue weighted by Crippen LogP contribution is 2.31. The lowest BCUT2D eigenvalue weighted by Crippen LogP contribution is -2.41. The van der Waals surface area contributed by atoms with Gasteiger partial charge >= 0.3 is 6.18 Å². The zero-order chi connectivity index (χ0) is 22.0. The molecule has 1 aliphatic rings. The van der Waals surface area contributed by atoms with Crippen LogP contribution in [0.5, 0.6) is 0 Å². The molecule has 0 aliphatic carbocycles. The van der Waals surface area contributed by atoms with Crippen molar-refractivity contribution in [1.82, 2.24) is 14.8 Å². The molecular weight excluding hydrogens is 427 g/mol. The number of nitrogens with zero attached hydrogens (tertiary/aromatic N) is 2. The number of aromatic nitrogens is 1. The Morgan fingerprint density at radius 2 is 1.87 bits per heavy atom. The molecular formula is C22H24F3N3O2S. The van der Waals surface area contributed by atoms with Gasteiger partial charge in [-0.1, -0.05) is 12.1 Å². The third kappa shape index (κ3) is 5.11. The van der Waals surface area contributed by atoms with E-state index in [9.17, 15) is 18.0 Å². The van der Waals surface area contributed by atoms with Crippen LogP contribution in [0.1, 0.15) is 26.5 Å². The molecule has 0 spiro atoms. The van der Waals surface area contributed by atoms with Crippen LogP contribution in [-0.4, -0.2) is 54.8 Å². The van der Waals surface area contributed by atoms with Crippen LogP contribution in [0.25, 0.3) is 10.2 Å². The Balaban J connectivity index is 1.51. The number of morpholine rings is 1. The van der Waals surface area contributed by atoms with E-state index in [4.69, 9.17) is 4.74 Å². The Morgan fingerprint density at radius 3 is 2.55 bits per heavy atom. The van der Waals surface area contributed by atoms with Crippen molar-refractivity contribution in [1.29, 1.82) is 0 Å². The van der Waals surface area contributed by atoms with Gasteiger partial charge < -0.3 is 14.6 Å². The summed E-state index contributed by atoms with van der Waals surface area (Å²) in [4.78, 5) is 16.3. The fourth-order valence-electron chi connectivity index (χ4n) is 3.75. The Kier molecular flexibility index (Phi) is 6.36. The first-order valence-corrected chi connectivity index (χ1v) is 11.0. The lowest BCUT2D eigenvalue weighted by Gasteiger charge is -2.26. The molecule has 1 fully saturated rings. The zero-order valence-corrected chi connectivity index (χ0v) is 18.0. The number of amides is 1. The summed E-state index contributed by atoms with van der Waals surface area (Å²) in [5.41, 5.74) is 1.46. The van der Waals surface area contributed by atoms with E-state index in [2.05, 4.69) is 10.2 Å². The van der Waals surface area contributed by atoms with Crippen LogP contribution in [0, 0.1) is 6.92 Å². The monoisotopic (exact) mass is 451 g/mol. The largest absolute Gasteiger partial charge is 0.416 e. The molecule has 3 aromatic rings. The van der Waals surface area contributed by atoms with Crippen LogP contribution in [-0.2, 0) is 17.5 Å². The molecule has 0 atom stereocenters. The van der Waals surface area contributed by atoms with Gasteiger partial charge in [-0.3, -0.25) is 9.69 Å². The summed E-state index contributed by atoms with van der Waals surface area (Å²) < 4.78 is 46.8. The predicted octanol–water partition coefficient (Wildman–Crippen LogP) is 4.14. The second-order valence-corrected chi connectivity index (χ2v) is 8.91. The molecule has 1 saturated heterocycles. The first-order chi connectivity index (χ1) is 14.8. The van der Waals surface area contributed by atoms with Crippen molar-refractivity contribution in [2.75, 3.05) is 39.4 Å². The average Bonchev–Trinajstić information content (AvgIpc) is 3.25. The third-order valence-electron chi connectivity index (χ3n) is 5.38. The van der Waals surface area contributed by atoms with E-state index in [-0.39, 0.29) is 5.91 Å². The molecule has 0 bridgehead atoms. The van der Waals surface area contributed by atoms with Crippen LogP contribution in [0.3, 0.4) is 0 Å². The lowest BCUT2D eigenvalue weighted by molar-refractivity contribution is -0.137. The Labute approximate surface area is 182 Å². The van der Waals surface area contributed by atoms with Gasteiger partial charge in [0.25, 0.3) is 5.91 Å². The van der Waals surface area contributed by atoms with Crippen LogP contribution in [0.2, 0.25) is 0 Å². The third-order valence-corrected chi connectivity index (χ3v) is 6.37. The number of carbonyl (C=O) groups is 1. The molecule has 166 valence electrons. The predicted molar refractivity (Wildman–Crippen MR) is 115 cm³/mol. The Hall–Kier alpha value is -2.36. The number of rotatable bonds is 6. The van der Waals surface area contributed by atoms with Crippen molar-refractivity contribution >= 4 is 27.5 Å². The van der Waals surface area contributed by atoms with E-state index in [0.29, 0.717) is 37.6 Å². The molecule has 1 aliphatic heterocycles. The number of halogens is 3. The summed E-state index contributed by atoms with van der Waals surface area (Å²) in [5.74, 6) is -0.179. The number of hydrogen-bond donors (Lipinski definition) is 1. The minimum Gasteiger partial charge on any atom is -0.379 e. The van der Waals surface area contributed by atoms with Crippen LogP contribution >= 0.6 is 11.3 Å². The lowest BCUT2D eigenvalue weighted by atomic mass is 10.1. The van der Waals surface area contributed by atoms with E-state index < -0.39 is 11.7 Å². The number of alkyl halides is 3. The number of thiophene rings is 1. The summed E-state index contributed by atoms with van der Waals surface area (Å²) in [6.45, 7) is 6.72. The highest BCUT2D eigenvalue weighted by atomic mass is 32.1. The van der Waals surface area contributed by atoms with Gasteiger partial charge in [0.15, 0.2) is 0 Å². The maximum Gasteiger partial charge on any atom is 0.416 e. The van der Waals surface area contributed by atoms with Gasteiger partial charge in [0, 0.05) is 37.6 Å². The van der Waals surface area contributed by atoms with Crippen LogP contribution in [0.15, 0.2) is 36.4 Å². The second kappa shape index (κ2) is 9.02. The van der Waals surface area contributed by atoms with Crippen LogP contribution < -0.4 is 5.32 Å². The summed E-state index contributed by atoms with van der Waals surface area (Å²) in [5, 5.41) is 2.98. The van der Waals surface area contributed by atoms with E-state index in [1.54, 1.807) is 11.3 Å². The summed E-state index contributed by atoms with van der Waals surface area (Å²) in [7, 11) is 0. The molecule has 3 heterocycles. The van der Waals surface area contributed by atoms with E-state index in [1.165, 1.54) is 12.1 Å². The summed E-state index contributed by atoms with van der Waals surface area (Å²) >= 11 is 1.60. The number of aryl methyl sites for hydroxylation is 1. The van der Waals surface area contributed by atoms with Gasteiger partial charge in [0.2, 0.25) is 0 Å². The Bertz CT molecular complexity index is 1050. The van der Waals surface area contributed by atoms with Crippen molar-refractivity contribution < 1.29 is 22.7 Å². The highest BCUT2D eigenvalue weighted by Gasteiger charge is 2.30. The molecule has 5 nitrogen and oxygen atoms in total. The number of benzene rings is 1. The van der Waals surface area contributed by atoms with Crippen molar-refractivity contribution in [2.24, 2.45) is 0 Å². The molecule has 31 heavy (non-hydrogen) atoms. The first-order valence-electron chi connectivity index (χ1n) is 10.2. The number of ether oxygens (including phenoxy) is 1. The molecule has 9 heteroatoms. The Morgan fingerprint density at radius 1 is 1.16 bits per heavy atom. The van der Waals surface area contributed by atoms with Gasteiger partial charge in [-0.15, -0.1) is 11.3 Å². The van der Waals surface area contributed by atoms with Crippen molar-refractivity contribution in [3.05, 3.63) is 58.1 Å². The maximum absolute atomic E-state index is 12.9. The van der Waals surface area contributed by atoms with E-state index >= 15 is 0 Å². The minimum atomic E-state index is -4.37. The molecule has 2 aromatic heterocycles. The van der Waals surface area contributed by atoms with Crippen LogP contribution in [0.4, 0.5) is 13.2 Å². The van der Waals surface area contributed by atoms with Gasteiger partial charge in [0.1, 0.15) is 5.69 Å². The summed E-state index contributed by atoms with van der Waals surface area (Å²) in [6.07, 6.45) is -4.37. The average molecular weight is 452 g/mol. The molecule has 1 N–H and O–H groups in total. The van der Waals surface area contributed by atoms with E-state index in [1.807, 2.05) is 23.6 Å². The molecule has 4 rings (SSSR count). The van der Waals surface area contributed by atoms with E-state index in [0.717, 1.165) is 46.9 Å². The maximum atomic E-state index is 12.9. The molecule has 1 aromatic carbocycles. The topological polar surface area (TPSA) is 46.5 Å². The van der Waals surface area contributed by atoms with Gasteiger partial charge in [-0.05, 0) is 36.8 Å². The number of carbonyl (C=O) groups excluding carboxylic acids is 1. The standard InChI is InChI=1S/C22H24F3N3O2S/c1-15-12-18-20(31-15)13-19(21(29)26-6-7-27-8-10-30-11-9-27)28(18)14-16-2-4-17(5-3-16)22(23,24)25/h2-5,12-13H,6-11,14H2,1H3,(H,26,29). The van der Waals surface area contributed by atoms with Crippen molar-refractivity contribution in [3.8, 4) is 0 Å². The van der Waals surface area contributed by atoms with Gasteiger partial charge in [-0.25, -0.2) is 0 Å². The minimum absolute atomic E-state index is 0.179. The summed E-state index contributed by atoms with van der Waals surface area (Å²) in [6, 6.07) is 8.96. The molecule has 1 amide bonds. The highest BCUT2D eigenvalue weighted by molar-refractivity contribution is 7.19. The number of fused-ring (bicyclic) bond motifs is 1. The molecule has 0 radical (unpaired) electrons.